The lowest BCUT2D eigenvalue weighted by Gasteiger charge is -2.33. The molecule has 1 saturated heterocycles. The Morgan fingerprint density at radius 3 is 2.18 bits per heavy atom. The summed E-state index contributed by atoms with van der Waals surface area (Å²) < 4.78 is 98.5. The van der Waals surface area contributed by atoms with Crippen molar-refractivity contribution < 1.29 is 55.2 Å². The summed E-state index contributed by atoms with van der Waals surface area (Å²) in [5, 5.41) is 12.8. The summed E-state index contributed by atoms with van der Waals surface area (Å²) >= 11 is 0. The van der Waals surface area contributed by atoms with Crippen molar-refractivity contribution in [3.8, 4) is 17.2 Å². The molecule has 0 bridgehead atoms. The van der Waals surface area contributed by atoms with Crippen LogP contribution in [0.15, 0.2) is 71.8 Å². The standard InChI is InChI=1S/C36H40F6N2O6/c1-5-10-24-21-26(34(47,35(37,38)39)36(40,41)42)11-8-12-28(24)23-13-16-27(17-14-23)50-20-9-19-44-31(45)33(6-2,43-32(44)46)25-15-18-29(48-4)30(22-25)49-7-3/h11-18,21-22,47H,5-10,19-20H2,1-4H3,(H,43,46). The minimum absolute atomic E-state index is 0.0779. The predicted octanol–water partition coefficient (Wildman–Crippen LogP) is 8.02. The van der Waals surface area contributed by atoms with Crippen molar-refractivity contribution in [1.82, 2.24) is 10.2 Å². The van der Waals surface area contributed by atoms with Crippen molar-refractivity contribution in [3.05, 3.63) is 83.0 Å². The topological polar surface area (TPSA) is 97.3 Å². The number of hydrogen-bond acceptors (Lipinski definition) is 6. The third-order valence-corrected chi connectivity index (χ3v) is 8.72. The monoisotopic (exact) mass is 710 g/mol. The molecule has 0 aromatic heterocycles. The molecular weight excluding hydrogens is 670 g/mol. The zero-order valence-corrected chi connectivity index (χ0v) is 28.1. The number of carbonyl (C=O) groups is 2. The highest BCUT2D eigenvalue weighted by atomic mass is 19.4. The Labute approximate surface area is 286 Å². The second-order valence-electron chi connectivity index (χ2n) is 11.8. The SMILES string of the molecule is CCCC1=CC(C(O)(C(F)(F)F)C(F)(F)F)=CCC=C1c1ccc(OCCCN2C(=O)NC(CC)(c3ccc(OC)c(OCC)c3)C2=O)cc1. The third-order valence-electron chi connectivity index (χ3n) is 8.72. The van der Waals surface area contributed by atoms with E-state index in [9.17, 15) is 41.0 Å². The molecule has 1 unspecified atom stereocenters. The van der Waals surface area contributed by atoms with E-state index in [4.69, 9.17) is 14.2 Å². The maximum Gasteiger partial charge on any atom is 0.430 e. The number of methoxy groups -OCH3 is 1. The van der Waals surface area contributed by atoms with Crippen LogP contribution in [0.3, 0.4) is 0 Å². The van der Waals surface area contributed by atoms with Crippen molar-refractivity contribution in [2.75, 3.05) is 26.9 Å². The number of aliphatic hydroxyl groups is 1. The molecule has 1 fully saturated rings. The van der Waals surface area contributed by atoms with Crippen LogP contribution >= 0.6 is 0 Å². The summed E-state index contributed by atoms with van der Waals surface area (Å²) in [5.41, 5.74) is -5.80. The van der Waals surface area contributed by atoms with Crippen molar-refractivity contribution in [3.63, 3.8) is 0 Å². The van der Waals surface area contributed by atoms with E-state index in [1.165, 1.54) is 13.2 Å². The Morgan fingerprint density at radius 1 is 0.920 bits per heavy atom. The second kappa shape index (κ2) is 15.2. The number of ether oxygens (including phenoxy) is 3. The zero-order valence-electron chi connectivity index (χ0n) is 28.1. The van der Waals surface area contributed by atoms with Gasteiger partial charge in [-0.15, -0.1) is 0 Å². The molecule has 0 spiro atoms. The van der Waals surface area contributed by atoms with Crippen LogP contribution in [-0.4, -0.2) is 66.8 Å². The van der Waals surface area contributed by atoms with Crippen molar-refractivity contribution >= 4 is 17.5 Å². The highest BCUT2D eigenvalue weighted by Gasteiger charge is 2.72. The number of hydrogen-bond donors (Lipinski definition) is 2. The Hall–Kier alpha value is -4.46. The average Bonchev–Trinajstić information content (AvgIpc) is 3.18. The quantitative estimate of drug-likeness (QED) is 0.117. The van der Waals surface area contributed by atoms with E-state index >= 15 is 0 Å². The first kappa shape index (κ1) is 38.3. The lowest BCUT2D eigenvalue weighted by molar-refractivity contribution is -0.351. The molecule has 3 amide bonds. The van der Waals surface area contributed by atoms with Crippen LogP contribution in [0.1, 0.15) is 64.0 Å². The van der Waals surface area contributed by atoms with Gasteiger partial charge in [0, 0.05) is 6.54 Å². The van der Waals surface area contributed by atoms with Gasteiger partial charge in [0.2, 0.25) is 0 Å². The smallest absolute Gasteiger partial charge is 0.430 e. The molecule has 4 rings (SSSR count). The second-order valence-corrected chi connectivity index (χ2v) is 11.8. The highest BCUT2D eigenvalue weighted by Crippen LogP contribution is 2.49. The predicted molar refractivity (Wildman–Crippen MR) is 174 cm³/mol. The molecule has 8 nitrogen and oxygen atoms in total. The molecule has 1 aliphatic carbocycles. The van der Waals surface area contributed by atoms with Gasteiger partial charge in [-0.2, -0.15) is 26.3 Å². The molecule has 1 atom stereocenters. The molecule has 1 heterocycles. The molecule has 1 aliphatic heterocycles. The van der Waals surface area contributed by atoms with Crippen molar-refractivity contribution in [2.24, 2.45) is 0 Å². The van der Waals surface area contributed by atoms with E-state index in [1.54, 1.807) is 56.3 Å². The molecular formula is C36H40F6N2O6. The summed E-state index contributed by atoms with van der Waals surface area (Å²) in [6.07, 6.45) is -7.99. The molecule has 0 saturated carbocycles. The van der Waals surface area contributed by atoms with E-state index < -0.39 is 41.0 Å². The van der Waals surface area contributed by atoms with Crippen molar-refractivity contribution in [2.45, 2.75) is 76.4 Å². The lowest BCUT2D eigenvalue weighted by atomic mass is 9.87. The molecule has 2 aromatic rings. The first-order valence-corrected chi connectivity index (χ1v) is 16.2. The van der Waals surface area contributed by atoms with Gasteiger partial charge in [0.1, 0.15) is 11.3 Å². The molecule has 2 N–H and O–H groups in total. The van der Waals surface area contributed by atoms with Crippen LogP contribution in [-0.2, 0) is 10.3 Å². The summed E-state index contributed by atoms with van der Waals surface area (Å²) in [6, 6.07) is 11.0. The van der Waals surface area contributed by atoms with Crippen LogP contribution in [0.4, 0.5) is 31.1 Å². The Morgan fingerprint density at radius 2 is 1.60 bits per heavy atom. The summed E-state index contributed by atoms with van der Waals surface area (Å²) in [4.78, 5) is 27.7. The average molecular weight is 711 g/mol. The van der Waals surface area contributed by atoms with Crippen LogP contribution in [0.5, 0.6) is 17.2 Å². The summed E-state index contributed by atoms with van der Waals surface area (Å²) in [7, 11) is 1.51. The fourth-order valence-corrected chi connectivity index (χ4v) is 6.10. The minimum Gasteiger partial charge on any atom is -0.494 e. The molecule has 2 aliphatic rings. The number of carbonyl (C=O) groups excluding carboxylic acids is 2. The molecule has 272 valence electrons. The first-order chi connectivity index (χ1) is 23.6. The number of urea groups is 1. The first-order valence-electron chi connectivity index (χ1n) is 16.2. The van der Waals surface area contributed by atoms with E-state index in [2.05, 4.69) is 5.32 Å². The summed E-state index contributed by atoms with van der Waals surface area (Å²) in [5.74, 6) is 0.962. The molecule has 0 radical (unpaired) electrons. The number of nitrogens with zero attached hydrogens (tertiary/aromatic N) is 1. The number of amides is 3. The number of halogens is 6. The maximum atomic E-state index is 13.6. The lowest BCUT2D eigenvalue weighted by Crippen LogP contribution is -2.57. The number of alkyl halides is 6. The van der Waals surface area contributed by atoms with Gasteiger partial charge in [-0.05, 0) is 84.7 Å². The van der Waals surface area contributed by atoms with E-state index in [1.807, 2.05) is 6.92 Å². The Bertz CT molecular complexity index is 1630. The van der Waals surface area contributed by atoms with Gasteiger partial charge in [0.15, 0.2) is 11.5 Å². The van der Waals surface area contributed by atoms with E-state index in [0.717, 1.165) is 17.1 Å². The van der Waals surface area contributed by atoms with Crippen LogP contribution in [0.2, 0.25) is 0 Å². The fourth-order valence-electron chi connectivity index (χ4n) is 6.10. The zero-order chi connectivity index (χ0) is 36.9. The van der Waals surface area contributed by atoms with Gasteiger partial charge in [-0.1, -0.05) is 56.7 Å². The molecule has 14 heteroatoms. The largest absolute Gasteiger partial charge is 0.494 e. The van der Waals surface area contributed by atoms with Gasteiger partial charge >= 0.3 is 18.4 Å². The van der Waals surface area contributed by atoms with Gasteiger partial charge in [-0.25, -0.2) is 4.79 Å². The highest BCUT2D eigenvalue weighted by molar-refractivity contribution is 6.07. The maximum absolute atomic E-state index is 13.6. The number of rotatable bonds is 14. The fraction of sp³-hybridized carbons (Fsp3) is 0.444. The number of allylic oxidation sites excluding steroid dienone is 4. The van der Waals surface area contributed by atoms with Crippen molar-refractivity contribution in [1.29, 1.82) is 0 Å². The van der Waals surface area contributed by atoms with Gasteiger partial charge < -0.3 is 24.6 Å². The molecule has 50 heavy (non-hydrogen) atoms. The number of imide groups is 1. The summed E-state index contributed by atoms with van der Waals surface area (Å²) in [6.45, 7) is 5.95. The van der Waals surface area contributed by atoms with Crippen LogP contribution < -0.4 is 19.5 Å². The normalized spacial score (nSPS) is 18.6. The van der Waals surface area contributed by atoms with Crippen LogP contribution in [0.25, 0.3) is 5.57 Å². The Balaban J connectivity index is 1.42. The van der Waals surface area contributed by atoms with Crippen LogP contribution in [0, 0.1) is 0 Å². The minimum atomic E-state index is -5.98. The third kappa shape index (κ3) is 7.35. The molecule has 2 aromatic carbocycles. The number of benzene rings is 2. The van der Waals surface area contributed by atoms with Gasteiger partial charge in [0.05, 0.1) is 20.3 Å². The number of nitrogens with one attached hydrogen (secondary N) is 1. The van der Waals surface area contributed by atoms with E-state index in [0.29, 0.717) is 59.8 Å². The van der Waals surface area contributed by atoms with Gasteiger partial charge in [-0.3, -0.25) is 9.69 Å². The van der Waals surface area contributed by atoms with Gasteiger partial charge in [0.25, 0.3) is 11.5 Å². The Kier molecular flexibility index (Phi) is 11.7. The van der Waals surface area contributed by atoms with E-state index in [-0.39, 0.29) is 31.6 Å².